The minimum atomic E-state index is -4.59. The standard InChI is InChI=1S/C27H24ClF3N6O3/c1-25(6-7-26(2,13-25)24(39)40)23-36-19(20-21(32)34-9-10-37(20)23)16-4-3-14(11-17(16)28)22(38)35-18-12-15(5-8-33-18)27(29,30)31/h3-5,8-12H,6-7,13H2,1-2H3,(H2,32,34)(H,39,40)(H,33,35,38)/t25-,26-/m1/s1. The number of benzene rings is 1. The number of pyridine rings is 1. The van der Waals surface area contributed by atoms with Crippen molar-refractivity contribution in [1.82, 2.24) is 19.4 Å². The Morgan fingerprint density at radius 3 is 2.52 bits per heavy atom. The average Bonchev–Trinajstić information content (AvgIpc) is 3.44. The summed E-state index contributed by atoms with van der Waals surface area (Å²) in [7, 11) is 0. The molecule has 4 N–H and O–H groups in total. The number of aliphatic carboxylic acids is 1. The Balaban J connectivity index is 1.51. The fourth-order valence-electron chi connectivity index (χ4n) is 5.35. The Hall–Kier alpha value is -4.19. The van der Waals surface area contributed by atoms with Crippen LogP contribution in [0.4, 0.5) is 24.8 Å². The van der Waals surface area contributed by atoms with Gasteiger partial charge in [-0.3, -0.25) is 14.0 Å². The average molecular weight is 573 g/mol. The Labute approximate surface area is 231 Å². The predicted molar refractivity (Wildman–Crippen MR) is 142 cm³/mol. The quantitative estimate of drug-likeness (QED) is 0.274. The van der Waals surface area contributed by atoms with E-state index in [0.717, 1.165) is 18.3 Å². The number of rotatable bonds is 5. The molecule has 13 heteroatoms. The number of anilines is 2. The van der Waals surface area contributed by atoms with E-state index in [9.17, 15) is 27.9 Å². The highest BCUT2D eigenvalue weighted by molar-refractivity contribution is 6.34. The van der Waals surface area contributed by atoms with Gasteiger partial charge in [0.2, 0.25) is 0 Å². The molecule has 0 spiro atoms. The lowest BCUT2D eigenvalue weighted by Crippen LogP contribution is -2.29. The van der Waals surface area contributed by atoms with Crippen LogP contribution in [0.1, 0.15) is 54.9 Å². The molecule has 0 bridgehead atoms. The Bertz CT molecular complexity index is 1670. The van der Waals surface area contributed by atoms with Crippen molar-refractivity contribution < 1.29 is 27.9 Å². The number of amides is 1. The molecule has 5 rings (SSSR count). The lowest BCUT2D eigenvalue weighted by Gasteiger charge is -2.25. The molecule has 40 heavy (non-hydrogen) atoms. The number of carbonyl (C=O) groups is 2. The number of imidazole rings is 1. The summed E-state index contributed by atoms with van der Waals surface area (Å²) in [5.74, 6) is -1.03. The minimum absolute atomic E-state index is 0.0859. The van der Waals surface area contributed by atoms with Crippen LogP contribution in [0, 0.1) is 5.41 Å². The van der Waals surface area contributed by atoms with Crippen molar-refractivity contribution in [2.75, 3.05) is 11.1 Å². The van der Waals surface area contributed by atoms with E-state index in [1.54, 1.807) is 23.6 Å². The second kappa shape index (κ2) is 9.47. The fraction of sp³-hybridized carbons (Fsp3) is 0.296. The van der Waals surface area contributed by atoms with Crippen molar-refractivity contribution in [1.29, 1.82) is 0 Å². The van der Waals surface area contributed by atoms with Crippen molar-refractivity contribution in [2.24, 2.45) is 5.41 Å². The number of hydrogen-bond acceptors (Lipinski definition) is 6. The van der Waals surface area contributed by atoms with Gasteiger partial charge in [-0.2, -0.15) is 13.2 Å². The molecular weight excluding hydrogens is 549 g/mol. The normalized spacial score (nSPS) is 21.1. The molecule has 1 saturated carbocycles. The fourth-order valence-corrected chi connectivity index (χ4v) is 5.62. The third kappa shape index (κ3) is 4.72. The summed E-state index contributed by atoms with van der Waals surface area (Å²) >= 11 is 6.61. The maximum absolute atomic E-state index is 13.0. The Kier molecular flexibility index (Phi) is 6.48. The van der Waals surface area contributed by atoms with Crippen LogP contribution < -0.4 is 11.1 Å². The SMILES string of the molecule is C[C@@]1(C(=O)O)CC[C@@](C)(c2nc(-c3ccc(C(=O)Nc4cc(C(F)(F)F)ccn4)cc3Cl)c3c(N)nccn23)C1. The summed E-state index contributed by atoms with van der Waals surface area (Å²) < 4.78 is 40.8. The number of nitrogens with one attached hydrogen (secondary N) is 1. The maximum atomic E-state index is 13.0. The van der Waals surface area contributed by atoms with Crippen LogP contribution in [-0.2, 0) is 16.4 Å². The second-order valence-corrected chi connectivity index (χ2v) is 10.9. The van der Waals surface area contributed by atoms with E-state index in [0.29, 0.717) is 41.9 Å². The van der Waals surface area contributed by atoms with Gasteiger partial charge in [0.05, 0.1) is 16.0 Å². The van der Waals surface area contributed by atoms with E-state index in [1.165, 1.54) is 18.3 Å². The molecule has 9 nitrogen and oxygen atoms in total. The van der Waals surface area contributed by atoms with E-state index in [4.69, 9.17) is 22.3 Å². The molecule has 208 valence electrons. The van der Waals surface area contributed by atoms with Crippen LogP contribution in [0.15, 0.2) is 48.9 Å². The zero-order chi connectivity index (χ0) is 29.0. The van der Waals surface area contributed by atoms with Gasteiger partial charge in [0.1, 0.15) is 28.7 Å². The molecule has 1 amide bonds. The molecule has 0 unspecified atom stereocenters. The van der Waals surface area contributed by atoms with Crippen LogP contribution in [-0.4, -0.2) is 36.3 Å². The van der Waals surface area contributed by atoms with Gasteiger partial charge in [0.15, 0.2) is 0 Å². The number of fused-ring (bicyclic) bond motifs is 1. The molecule has 1 fully saturated rings. The van der Waals surface area contributed by atoms with Gasteiger partial charge in [0.25, 0.3) is 5.91 Å². The summed E-state index contributed by atoms with van der Waals surface area (Å²) in [6.07, 6.45) is 1.05. The number of nitrogens with zero attached hydrogens (tertiary/aromatic N) is 4. The summed E-state index contributed by atoms with van der Waals surface area (Å²) in [5.41, 5.74) is 5.24. The van der Waals surface area contributed by atoms with E-state index < -0.39 is 34.4 Å². The molecular formula is C27H24ClF3N6O3. The van der Waals surface area contributed by atoms with Gasteiger partial charge in [0, 0.05) is 35.1 Å². The molecule has 0 saturated heterocycles. The number of aromatic nitrogens is 4. The second-order valence-electron chi connectivity index (χ2n) is 10.5. The zero-order valence-corrected chi connectivity index (χ0v) is 22.1. The lowest BCUT2D eigenvalue weighted by atomic mass is 9.81. The Morgan fingerprint density at radius 1 is 1.12 bits per heavy atom. The maximum Gasteiger partial charge on any atom is 0.416 e. The van der Waals surface area contributed by atoms with Gasteiger partial charge < -0.3 is 16.2 Å². The van der Waals surface area contributed by atoms with Crippen molar-refractivity contribution in [3.05, 3.63) is 70.9 Å². The molecule has 1 aliphatic carbocycles. The number of alkyl halides is 3. The number of carboxylic acid groups (broad SMARTS) is 1. The number of nitrogen functional groups attached to an aromatic ring is 1. The van der Waals surface area contributed by atoms with Gasteiger partial charge in [-0.25, -0.2) is 15.0 Å². The Morgan fingerprint density at radius 2 is 1.88 bits per heavy atom. The summed E-state index contributed by atoms with van der Waals surface area (Å²) in [6.45, 7) is 3.69. The third-order valence-corrected chi connectivity index (χ3v) is 7.78. The van der Waals surface area contributed by atoms with Crippen molar-refractivity contribution in [3.63, 3.8) is 0 Å². The topological polar surface area (TPSA) is 135 Å². The smallest absolute Gasteiger partial charge is 0.416 e. The molecule has 3 aromatic heterocycles. The zero-order valence-electron chi connectivity index (χ0n) is 21.4. The van der Waals surface area contributed by atoms with Gasteiger partial charge in [-0.15, -0.1) is 0 Å². The first-order valence-electron chi connectivity index (χ1n) is 12.2. The largest absolute Gasteiger partial charge is 0.481 e. The monoisotopic (exact) mass is 572 g/mol. The molecule has 0 radical (unpaired) electrons. The van der Waals surface area contributed by atoms with E-state index in [1.807, 2.05) is 6.92 Å². The van der Waals surface area contributed by atoms with Crippen molar-refractivity contribution in [3.8, 4) is 11.3 Å². The molecule has 3 heterocycles. The van der Waals surface area contributed by atoms with Crippen LogP contribution in [0.2, 0.25) is 5.02 Å². The van der Waals surface area contributed by atoms with Crippen molar-refractivity contribution >= 4 is 40.6 Å². The predicted octanol–water partition coefficient (Wildman–Crippen LogP) is 5.83. The highest BCUT2D eigenvalue weighted by Gasteiger charge is 2.50. The van der Waals surface area contributed by atoms with Crippen LogP contribution in [0.5, 0.6) is 0 Å². The number of carboxylic acids is 1. The number of carbonyl (C=O) groups excluding carboxylic acids is 1. The van der Waals surface area contributed by atoms with Crippen LogP contribution in [0.3, 0.4) is 0 Å². The third-order valence-electron chi connectivity index (χ3n) is 7.46. The summed E-state index contributed by atoms with van der Waals surface area (Å²) in [4.78, 5) is 37.6. The molecule has 0 aliphatic heterocycles. The van der Waals surface area contributed by atoms with Crippen LogP contribution in [0.25, 0.3) is 16.8 Å². The molecule has 2 atom stereocenters. The minimum Gasteiger partial charge on any atom is -0.481 e. The summed E-state index contributed by atoms with van der Waals surface area (Å²) in [5, 5.41) is 12.3. The molecule has 1 aromatic carbocycles. The summed E-state index contributed by atoms with van der Waals surface area (Å²) in [6, 6.07) is 5.94. The van der Waals surface area contributed by atoms with Gasteiger partial charge >= 0.3 is 12.1 Å². The number of nitrogens with two attached hydrogens (primary N) is 1. The van der Waals surface area contributed by atoms with E-state index in [2.05, 4.69) is 15.3 Å². The van der Waals surface area contributed by atoms with Crippen LogP contribution >= 0.6 is 11.6 Å². The van der Waals surface area contributed by atoms with E-state index >= 15 is 0 Å². The highest BCUT2D eigenvalue weighted by atomic mass is 35.5. The molecule has 1 aliphatic rings. The first-order valence-corrected chi connectivity index (χ1v) is 12.6. The van der Waals surface area contributed by atoms with Gasteiger partial charge in [-0.05, 0) is 50.5 Å². The first-order chi connectivity index (χ1) is 18.7. The van der Waals surface area contributed by atoms with Gasteiger partial charge in [-0.1, -0.05) is 24.6 Å². The number of halogens is 4. The first kappa shape index (κ1) is 27.4. The van der Waals surface area contributed by atoms with E-state index in [-0.39, 0.29) is 22.2 Å². The van der Waals surface area contributed by atoms with Crippen molar-refractivity contribution in [2.45, 2.75) is 44.7 Å². The lowest BCUT2D eigenvalue weighted by molar-refractivity contribution is -0.147. The molecule has 4 aromatic rings. The number of hydrogen-bond donors (Lipinski definition) is 3. The highest BCUT2D eigenvalue weighted by Crippen LogP contribution is 2.51.